The summed E-state index contributed by atoms with van der Waals surface area (Å²) in [4.78, 5) is 35.3. The van der Waals surface area contributed by atoms with E-state index in [1.807, 2.05) is 34.5 Å². The first-order valence-electron chi connectivity index (χ1n) is 9.13. The molecule has 1 fully saturated rings. The van der Waals surface area contributed by atoms with Gasteiger partial charge in [-0.25, -0.2) is 4.98 Å². The molecule has 0 unspecified atom stereocenters. The van der Waals surface area contributed by atoms with Crippen molar-refractivity contribution in [2.75, 3.05) is 42.5 Å². The number of thiazole rings is 1. The van der Waals surface area contributed by atoms with Crippen molar-refractivity contribution in [2.45, 2.75) is 19.4 Å². The quantitative estimate of drug-likeness (QED) is 0.804. The van der Waals surface area contributed by atoms with Crippen LogP contribution in [0.4, 0.5) is 10.8 Å². The Labute approximate surface area is 162 Å². The molecular weight excluding hydrogens is 364 g/mol. The highest BCUT2D eigenvalue weighted by atomic mass is 32.1. The van der Waals surface area contributed by atoms with Crippen molar-refractivity contribution in [3.8, 4) is 5.75 Å². The number of anilines is 2. The topological polar surface area (TPSA) is 66.0 Å². The predicted molar refractivity (Wildman–Crippen MR) is 104 cm³/mol. The van der Waals surface area contributed by atoms with E-state index in [2.05, 4.69) is 9.88 Å². The summed E-state index contributed by atoms with van der Waals surface area (Å²) in [5.41, 5.74) is 0.738. The van der Waals surface area contributed by atoms with Crippen molar-refractivity contribution in [2.24, 2.45) is 0 Å². The highest BCUT2D eigenvalue weighted by Gasteiger charge is 2.32. The van der Waals surface area contributed by atoms with Crippen LogP contribution in [0.15, 0.2) is 35.8 Å². The van der Waals surface area contributed by atoms with Crippen LogP contribution in [0.2, 0.25) is 0 Å². The average molecular weight is 386 g/mol. The van der Waals surface area contributed by atoms with Gasteiger partial charge < -0.3 is 19.4 Å². The normalized spacial score (nSPS) is 19.7. The number of nitrogens with zero attached hydrogens (tertiary/aromatic N) is 4. The van der Waals surface area contributed by atoms with Crippen LogP contribution in [0, 0.1) is 0 Å². The zero-order valence-corrected chi connectivity index (χ0v) is 16.0. The molecule has 2 aliphatic heterocycles. The molecule has 0 radical (unpaired) electrons. The maximum absolute atomic E-state index is 12.7. The molecule has 8 heteroatoms. The van der Waals surface area contributed by atoms with Crippen LogP contribution in [-0.2, 0) is 9.59 Å². The molecule has 142 valence electrons. The highest BCUT2D eigenvalue weighted by molar-refractivity contribution is 7.13. The zero-order chi connectivity index (χ0) is 18.8. The van der Waals surface area contributed by atoms with Gasteiger partial charge in [0.1, 0.15) is 5.75 Å². The van der Waals surface area contributed by atoms with E-state index in [9.17, 15) is 9.59 Å². The van der Waals surface area contributed by atoms with Crippen LogP contribution >= 0.6 is 11.3 Å². The monoisotopic (exact) mass is 386 g/mol. The van der Waals surface area contributed by atoms with Crippen molar-refractivity contribution in [3.05, 3.63) is 35.8 Å². The summed E-state index contributed by atoms with van der Waals surface area (Å²) in [6.07, 6.45) is 1.58. The van der Waals surface area contributed by atoms with Gasteiger partial charge in [0.05, 0.1) is 5.69 Å². The molecule has 1 atom stereocenters. The minimum Gasteiger partial charge on any atom is -0.479 e. The molecule has 0 bridgehead atoms. The maximum Gasteiger partial charge on any atom is 0.267 e. The lowest BCUT2D eigenvalue weighted by Crippen LogP contribution is -2.50. The first-order chi connectivity index (χ1) is 13.1. The Morgan fingerprint density at radius 3 is 2.78 bits per heavy atom. The van der Waals surface area contributed by atoms with Crippen LogP contribution in [0.1, 0.15) is 13.3 Å². The number of piperazine rings is 1. The lowest BCUT2D eigenvalue weighted by Gasteiger charge is -2.36. The van der Waals surface area contributed by atoms with Gasteiger partial charge in [0.15, 0.2) is 11.2 Å². The largest absolute Gasteiger partial charge is 0.479 e. The number of aromatic nitrogens is 1. The number of carbonyl (C=O) groups excluding carboxylic acids is 2. The van der Waals surface area contributed by atoms with Gasteiger partial charge in [-0.3, -0.25) is 9.59 Å². The first-order valence-corrected chi connectivity index (χ1v) is 10.0. The van der Waals surface area contributed by atoms with Gasteiger partial charge in [0.25, 0.3) is 5.91 Å². The van der Waals surface area contributed by atoms with E-state index >= 15 is 0 Å². The number of ether oxygens (including phenoxy) is 1. The van der Waals surface area contributed by atoms with Gasteiger partial charge in [0.2, 0.25) is 5.91 Å². The molecule has 27 heavy (non-hydrogen) atoms. The van der Waals surface area contributed by atoms with Crippen molar-refractivity contribution in [1.29, 1.82) is 0 Å². The number of amides is 2. The Bertz CT molecular complexity index is 818. The van der Waals surface area contributed by atoms with Gasteiger partial charge >= 0.3 is 0 Å². The molecule has 0 spiro atoms. The molecule has 2 aliphatic rings. The SMILES string of the molecule is C[C@@H]1Oc2ccccc2N(CCC(=O)N2CCN(c3nccs3)CC2)C1=O. The second-order valence-electron chi connectivity index (χ2n) is 6.65. The number of fused-ring (bicyclic) bond motifs is 1. The standard InChI is InChI=1S/C19H22N4O3S/c1-14-18(25)23(15-4-2-3-5-16(15)26-14)8-6-17(24)21-9-11-22(12-10-21)19-20-7-13-27-19/h2-5,7,13-14H,6,8-12H2,1H3/t14-/m0/s1. The summed E-state index contributed by atoms with van der Waals surface area (Å²) in [7, 11) is 0. The fourth-order valence-electron chi connectivity index (χ4n) is 3.47. The number of para-hydroxylation sites is 2. The Hall–Kier alpha value is -2.61. The maximum atomic E-state index is 12.7. The summed E-state index contributed by atoms with van der Waals surface area (Å²) in [6, 6.07) is 7.46. The van der Waals surface area contributed by atoms with Gasteiger partial charge in [-0.2, -0.15) is 0 Å². The molecular formula is C19H22N4O3S. The molecule has 1 aromatic carbocycles. The number of benzene rings is 1. The van der Waals surface area contributed by atoms with E-state index in [0.29, 0.717) is 31.8 Å². The van der Waals surface area contributed by atoms with E-state index in [1.165, 1.54) is 0 Å². The number of hydrogen-bond donors (Lipinski definition) is 0. The van der Waals surface area contributed by atoms with E-state index in [0.717, 1.165) is 23.9 Å². The van der Waals surface area contributed by atoms with E-state index in [1.54, 1.807) is 29.4 Å². The minimum absolute atomic E-state index is 0.0817. The van der Waals surface area contributed by atoms with Gasteiger partial charge in [-0.15, -0.1) is 11.3 Å². The summed E-state index contributed by atoms with van der Waals surface area (Å²) in [5, 5.41) is 2.97. The second-order valence-corrected chi connectivity index (χ2v) is 7.52. The van der Waals surface area contributed by atoms with Crippen LogP contribution < -0.4 is 14.5 Å². The first kappa shape index (κ1) is 17.8. The molecule has 3 heterocycles. The number of carbonyl (C=O) groups is 2. The third kappa shape index (κ3) is 3.62. The van der Waals surface area contributed by atoms with Gasteiger partial charge in [0, 0.05) is 50.7 Å². The van der Waals surface area contributed by atoms with E-state index in [4.69, 9.17) is 4.74 Å². The van der Waals surface area contributed by atoms with E-state index < -0.39 is 6.10 Å². The molecule has 2 amide bonds. The molecule has 2 aromatic rings. The number of rotatable bonds is 4. The third-order valence-corrected chi connectivity index (χ3v) is 5.78. The highest BCUT2D eigenvalue weighted by Crippen LogP contribution is 2.33. The Morgan fingerprint density at radius 2 is 2.04 bits per heavy atom. The van der Waals surface area contributed by atoms with Crippen molar-refractivity contribution < 1.29 is 14.3 Å². The molecule has 4 rings (SSSR count). The second kappa shape index (κ2) is 7.56. The van der Waals surface area contributed by atoms with Crippen LogP contribution in [0.3, 0.4) is 0 Å². The molecule has 0 N–H and O–H groups in total. The fourth-order valence-corrected chi connectivity index (χ4v) is 4.17. The Balaban J connectivity index is 1.35. The summed E-state index contributed by atoms with van der Waals surface area (Å²) >= 11 is 1.62. The fraction of sp³-hybridized carbons (Fsp3) is 0.421. The van der Waals surface area contributed by atoms with Gasteiger partial charge in [-0.1, -0.05) is 12.1 Å². The van der Waals surface area contributed by atoms with Crippen molar-refractivity contribution in [3.63, 3.8) is 0 Å². The molecule has 1 aromatic heterocycles. The Kier molecular flexibility index (Phi) is 4.98. The molecule has 0 aliphatic carbocycles. The third-order valence-electron chi connectivity index (χ3n) is 4.95. The van der Waals surface area contributed by atoms with Crippen LogP contribution in [0.25, 0.3) is 0 Å². The smallest absolute Gasteiger partial charge is 0.267 e. The van der Waals surface area contributed by atoms with Crippen LogP contribution in [0.5, 0.6) is 5.75 Å². The zero-order valence-electron chi connectivity index (χ0n) is 15.2. The van der Waals surface area contributed by atoms with E-state index in [-0.39, 0.29) is 11.8 Å². The van der Waals surface area contributed by atoms with Gasteiger partial charge in [-0.05, 0) is 19.1 Å². The van der Waals surface area contributed by atoms with Crippen molar-refractivity contribution in [1.82, 2.24) is 9.88 Å². The lowest BCUT2D eigenvalue weighted by molar-refractivity contribution is -0.131. The Morgan fingerprint density at radius 1 is 1.26 bits per heavy atom. The summed E-state index contributed by atoms with van der Waals surface area (Å²) < 4.78 is 5.65. The summed E-state index contributed by atoms with van der Waals surface area (Å²) in [6.45, 7) is 5.05. The average Bonchev–Trinajstić information content (AvgIpc) is 3.23. The number of hydrogen-bond acceptors (Lipinski definition) is 6. The molecule has 1 saturated heterocycles. The van der Waals surface area contributed by atoms with Crippen LogP contribution in [-0.4, -0.2) is 60.5 Å². The summed E-state index contributed by atoms with van der Waals surface area (Å²) in [5.74, 6) is 0.669. The molecule has 7 nitrogen and oxygen atoms in total. The van der Waals surface area contributed by atoms with Crippen molar-refractivity contribution >= 4 is 34.0 Å². The minimum atomic E-state index is -0.531. The molecule has 0 saturated carbocycles. The lowest BCUT2D eigenvalue weighted by atomic mass is 10.1. The predicted octanol–water partition coefficient (Wildman–Crippen LogP) is 2.00.